The quantitative estimate of drug-likeness (QED) is 0.152. The number of hydrogen-bond acceptors (Lipinski definition) is 0. The molecule has 2 N–H and O–H groups in total. The normalized spacial score (nSPS) is 16.2. The van der Waals surface area contributed by atoms with Crippen LogP contribution in [0.15, 0.2) is 261 Å². The summed E-state index contributed by atoms with van der Waals surface area (Å²) in [6.45, 7) is 0. The number of H-pyrrole nitrogens is 2. The van der Waals surface area contributed by atoms with Gasteiger partial charge in [-0.25, -0.2) is 0 Å². The molecule has 0 aliphatic heterocycles. The lowest BCUT2D eigenvalue weighted by molar-refractivity contribution is 0.587. The second-order valence-electron chi connectivity index (χ2n) is 18.1. The van der Waals surface area contributed by atoms with Crippen molar-refractivity contribution in [2.24, 2.45) is 0 Å². The Kier molecular flexibility index (Phi) is 9.50. The molecule has 0 amide bonds. The maximum Gasteiger partial charge on any atom is 0.0566 e. The number of para-hydroxylation sites is 2. The molecular weight excluding hydrogens is 821 g/mol. The van der Waals surface area contributed by atoms with E-state index in [-0.39, 0.29) is 5.92 Å². The number of fused-ring (bicyclic) bond motifs is 6. The van der Waals surface area contributed by atoms with Crippen LogP contribution in [0.4, 0.5) is 0 Å². The van der Waals surface area contributed by atoms with Crippen LogP contribution in [0.3, 0.4) is 0 Å². The molecular formula is C66H46N2. The summed E-state index contributed by atoms with van der Waals surface area (Å²) in [7, 11) is 0. The molecule has 2 nitrogen and oxygen atoms in total. The number of hydrogen-bond donors (Lipinski definition) is 2. The van der Waals surface area contributed by atoms with Gasteiger partial charge in [-0.2, -0.15) is 0 Å². The van der Waals surface area contributed by atoms with E-state index in [4.69, 9.17) is 0 Å². The van der Waals surface area contributed by atoms with E-state index >= 15 is 0 Å². The molecule has 0 saturated heterocycles. The van der Waals surface area contributed by atoms with Crippen molar-refractivity contribution in [2.45, 2.75) is 11.3 Å². The predicted octanol–water partition coefficient (Wildman–Crippen LogP) is 17.1. The molecule has 12 aromatic rings. The molecule has 320 valence electrons. The average Bonchev–Trinajstić information content (AvgIpc) is 3.99. The van der Waals surface area contributed by atoms with Crippen molar-refractivity contribution in [1.29, 1.82) is 0 Å². The minimum Gasteiger partial charge on any atom is -0.355 e. The standard InChI is InChI=1S/C66H46N2/c1-5-17-47(18-6-1)59-43-56(46-31-29-44(30-32-46)50-35-39-62-57(41-50)54-25-13-15-27-60(54)67-62)64(48-19-7-2-8-20-48)65(49-21-9-3-10-22-49)66(59,52-23-11-4-12-24-52)53-37-33-45(34-38-53)51-36-40-63-58(42-51)55-26-14-16-28-61(55)68-63/h1-43,59,67-68H. The SMILES string of the molecule is C1=C(c2ccc(-c3ccc4[nH]c5ccccc5c4c3)cc2)C(c2ccccc2)=C(c2ccccc2)C(c2ccccc2)(c2ccc(-c3ccc4[nH]c5ccccc5c4c3)cc2)C1c1ccccc1. The summed E-state index contributed by atoms with van der Waals surface area (Å²) in [5.41, 5.74) is 19.8. The number of rotatable bonds is 8. The van der Waals surface area contributed by atoms with Crippen LogP contribution >= 0.6 is 0 Å². The summed E-state index contributed by atoms with van der Waals surface area (Å²) < 4.78 is 0. The first-order chi connectivity index (χ1) is 33.7. The van der Waals surface area contributed by atoms with Crippen LogP contribution in [0.25, 0.3) is 82.6 Å². The van der Waals surface area contributed by atoms with Gasteiger partial charge < -0.3 is 9.97 Å². The van der Waals surface area contributed by atoms with Gasteiger partial charge in [-0.15, -0.1) is 0 Å². The summed E-state index contributed by atoms with van der Waals surface area (Å²) in [6, 6.07) is 94.2. The van der Waals surface area contributed by atoms with Crippen LogP contribution in [-0.2, 0) is 5.41 Å². The van der Waals surface area contributed by atoms with Gasteiger partial charge in [0.15, 0.2) is 0 Å². The highest BCUT2D eigenvalue weighted by Gasteiger charge is 2.50. The van der Waals surface area contributed by atoms with Crippen molar-refractivity contribution in [2.75, 3.05) is 0 Å². The lowest BCUT2D eigenvalue weighted by Gasteiger charge is -2.48. The average molecular weight is 867 g/mol. The van der Waals surface area contributed by atoms with E-state index in [0.29, 0.717) is 0 Å². The maximum atomic E-state index is 3.61. The summed E-state index contributed by atoms with van der Waals surface area (Å²) in [6.07, 6.45) is 2.59. The molecule has 2 heteroatoms. The van der Waals surface area contributed by atoms with Crippen molar-refractivity contribution in [3.8, 4) is 22.3 Å². The second kappa shape index (κ2) is 16.3. The van der Waals surface area contributed by atoms with Gasteiger partial charge in [-0.05, 0) is 109 Å². The van der Waals surface area contributed by atoms with Gasteiger partial charge in [0.1, 0.15) is 0 Å². The van der Waals surface area contributed by atoms with Gasteiger partial charge in [0.25, 0.3) is 0 Å². The Balaban J connectivity index is 1.05. The van der Waals surface area contributed by atoms with E-state index in [9.17, 15) is 0 Å². The monoisotopic (exact) mass is 866 g/mol. The number of benzene rings is 10. The summed E-state index contributed by atoms with van der Waals surface area (Å²) in [5, 5.41) is 4.97. The fourth-order valence-electron chi connectivity index (χ4n) is 11.3. The highest BCUT2D eigenvalue weighted by Crippen LogP contribution is 2.61. The van der Waals surface area contributed by atoms with Gasteiger partial charge in [0, 0.05) is 49.5 Å². The van der Waals surface area contributed by atoms with Crippen molar-refractivity contribution < 1.29 is 0 Å². The molecule has 2 aromatic heterocycles. The lowest BCUT2D eigenvalue weighted by Crippen LogP contribution is -2.38. The smallest absolute Gasteiger partial charge is 0.0566 e. The molecule has 68 heavy (non-hydrogen) atoms. The molecule has 2 heterocycles. The van der Waals surface area contributed by atoms with Gasteiger partial charge >= 0.3 is 0 Å². The molecule has 0 bridgehead atoms. The van der Waals surface area contributed by atoms with Gasteiger partial charge in [-0.1, -0.05) is 224 Å². The van der Waals surface area contributed by atoms with E-state index < -0.39 is 5.41 Å². The highest BCUT2D eigenvalue weighted by molar-refractivity contribution is 6.19. The van der Waals surface area contributed by atoms with Crippen LogP contribution < -0.4 is 0 Å². The minimum atomic E-state index is -0.660. The molecule has 0 fully saturated rings. The number of aromatic amines is 2. The zero-order valence-electron chi connectivity index (χ0n) is 37.4. The fourth-order valence-corrected chi connectivity index (χ4v) is 11.3. The van der Waals surface area contributed by atoms with Gasteiger partial charge in [-0.3, -0.25) is 0 Å². The summed E-state index contributed by atoms with van der Waals surface area (Å²) in [4.78, 5) is 7.22. The molecule has 1 aliphatic rings. The van der Waals surface area contributed by atoms with E-state index in [2.05, 4.69) is 271 Å². The summed E-state index contributed by atoms with van der Waals surface area (Å²) in [5.74, 6) is -0.0962. The van der Waals surface area contributed by atoms with E-state index in [1.165, 1.54) is 93.9 Å². The molecule has 0 spiro atoms. The Hall–Kier alpha value is -8.72. The number of nitrogens with one attached hydrogen (secondary N) is 2. The van der Waals surface area contributed by atoms with Crippen LogP contribution in [-0.4, -0.2) is 9.97 Å². The Morgan fingerprint density at radius 2 is 0.706 bits per heavy atom. The molecule has 0 saturated carbocycles. The van der Waals surface area contributed by atoms with Crippen LogP contribution in [0.5, 0.6) is 0 Å². The zero-order valence-corrected chi connectivity index (χ0v) is 37.4. The Morgan fingerprint density at radius 3 is 1.26 bits per heavy atom. The van der Waals surface area contributed by atoms with Crippen molar-refractivity contribution in [3.63, 3.8) is 0 Å². The number of aromatic nitrogens is 2. The minimum absolute atomic E-state index is 0.0962. The first-order valence-corrected chi connectivity index (χ1v) is 23.6. The molecule has 1 aliphatic carbocycles. The second-order valence-corrected chi connectivity index (χ2v) is 18.1. The Bertz CT molecular complexity index is 3860. The Morgan fingerprint density at radius 1 is 0.294 bits per heavy atom. The van der Waals surface area contributed by atoms with E-state index in [1.54, 1.807) is 0 Å². The number of allylic oxidation sites excluding steroid dienone is 4. The van der Waals surface area contributed by atoms with Crippen molar-refractivity contribution >= 4 is 60.3 Å². The third kappa shape index (κ3) is 6.48. The molecule has 13 rings (SSSR count). The molecule has 2 atom stereocenters. The third-order valence-electron chi connectivity index (χ3n) is 14.4. The first kappa shape index (κ1) is 39.6. The van der Waals surface area contributed by atoms with E-state index in [0.717, 1.165) is 22.1 Å². The first-order valence-electron chi connectivity index (χ1n) is 23.6. The maximum absolute atomic E-state index is 3.61. The van der Waals surface area contributed by atoms with Crippen LogP contribution in [0.1, 0.15) is 39.3 Å². The third-order valence-corrected chi connectivity index (χ3v) is 14.4. The predicted molar refractivity (Wildman–Crippen MR) is 287 cm³/mol. The lowest BCUT2D eigenvalue weighted by atomic mass is 9.53. The molecule has 2 unspecified atom stereocenters. The molecule has 0 radical (unpaired) electrons. The van der Waals surface area contributed by atoms with Crippen molar-refractivity contribution in [3.05, 3.63) is 294 Å². The van der Waals surface area contributed by atoms with Crippen molar-refractivity contribution in [1.82, 2.24) is 9.97 Å². The Labute approximate surface area is 396 Å². The zero-order chi connectivity index (χ0) is 45.0. The van der Waals surface area contributed by atoms with Gasteiger partial charge in [0.05, 0.1) is 5.41 Å². The summed E-state index contributed by atoms with van der Waals surface area (Å²) >= 11 is 0. The topological polar surface area (TPSA) is 31.6 Å². The molecule has 10 aromatic carbocycles. The largest absolute Gasteiger partial charge is 0.355 e. The van der Waals surface area contributed by atoms with Crippen LogP contribution in [0.2, 0.25) is 0 Å². The van der Waals surface area contributed by atoms with E-state index in [1.807, 2.05) is 0 Å². The fraction of sp³-hybridized carbons (Fsp3) is 0.0303. The van der Waals surface area contributed by atoms with Gasteiger partial charge in [0.2, 0.25) is 0 Å². The van der Waals surface area contributed by atoms with Crippen LogP contribution in [0, 0.1) is 0 Å². The highest BCUT2D eigenvalue weighted by atomic mass is 14.7.